The van der Waals surface area contributed by atoms with Crippen LogP contribution in [0.25, 0.3) is 21.9 Å². The molecule has 5 rings (SSSR count). The van der Waals surface area contributed by atoms with E-state index in [1.165, 1.54) is 16.6 Å². The van der Waals surface area contributed by atoms with Crippen LogP contribution in [0.5, 0.6) is 5.75 Å². The fraction of sp³-hybridized carbons (Fsp3) is 0.286. The van der Waals surface area contributed by atoms with Crippen LogP contribution < -0.4 is 10.4 Å². The van der Waals surface area contributed by atoms with Crippen LogP contribution >= 0.6 is 0 Å². The number of H-pyrrole nitrogens is 2. The molecule has 0 unspecified atom stereocenters. The van der Waals surface area contributed by atoms with Gasteiger partial charge in [0.15, 0.2) is 0 Å². The van der Waals surface area contributed by atoms with Crippen LogP contribution in [0.2, 0.25) is 0 Å². The van der Waals surface area contributed by atoms with Crippen molar-refractivity contribution in [2.75, 3.05) is 20.2 Å². The molecule has 2 N–H and O–H groups in total. The molecule has 6 heteroatoms. The minimum absolute atomic E-state index is 0.0356. The molecule has 2 aromatic heterocycles. The number of methoxy groups -OCH3 is 1. The molecule has 3 heterocycles. The van der Waals surface area contributed by atoms with E-state index < -0.39 is 0 Å². The normalized spacial score (nSPS) is 14.7. The van der Waals surface area contributed by atoms with E-state index in [0.717, 1.165) is 48.4 Å². The van der Waals surface area contributed by atoms with E-state index in [1.54, 1.807) is 7.11 Å². The van der Waals surface area contributed by atoms with E-state index in [2.05, 4.69) is 27.0 Å². The number of para-hydroxylation sites is 2. The Morgan fingerprint density at radius 2 is 1.96 bits per heavy atom. The number of imidazole rings is 1. The lowest BCUT2D eigenvalue weighted by Gasteiger charge is -2.27. The zero-order valence-corrected chi connectivity index (χ0v) is 15.3. The Labute approximate surface area is 156 Å². The summed E-state index contributed by atoms with van der Waals surface area (Å²) < 4.78 is 7.20. The summed E-state index contributed by atoms with van der Waals surface area (Å²) in [5.41, 5.74) is 5.66. The molecule has 0 saturated heterocycles. The van der Waals surface area contributed by atoms with E-state index in [0.29, 0.717) is 6.54 Å². The first-order chi connectivity index (χ1) is 13.2. The number of nitrogens with zero attached hydrogens (tertiary/aromatic N) is 2. The molecule has 0 saturated carbocycles. The third-order valence-corrected chi connectivity index (χ3v) is 5.58. The predicted molar refractivity (Wildman–Crippen MR) is 106 cm³/mol. The van der Waals surface area contributed by atoms with E-state index in [9.17, 15) is 4.79 Å². The molecule has 4 aromatic rings. The Morgan fingerprint density at radius 3 is 2.85 bits per heavy atom. The molecule has 0 atom stereocenters. The second-order valence-corrected chi connectivity index (χ2v) is 7.12. The molecular weight excluding hydrogens is 340 g/mol. The molecule has 0 radical (unpaired) electrons. The van der Waals surface area contributed by atoms with Crippen molar-refractivity contribution in [2.24, 2.45) is 0 Å². The molecule has 0 bridgehead atoms. The Hall–Kier alpha value is -2.99. The monoisotopic (exact) mass is 362 g/mol. The average molecular weight is 362 g/mol. The maximum atomic E-state index is 12.3. The van der Waals surface area contributed by atoms with Crippen molar-refractivity contribution >= 4 is 21.9 Å². The molecule has 1 aliphatic heterocycles. The van der Waals surface area contributed by atoms with Gasteiger partial charge >= 0.3 is 5.69 Å². The first-order valence-electron chi connectivity index (χ1n) is 9.30. The number of ether oxygens (including phenoxy) is 1. The standard InChI is InChI=1S/C21H22N4O2/c1-27-14-6-7-17-16(12-14)15-8-9-24(13-19(15)22-17)10-11-25-20-5-3-2-4-18(20)23-21(25)26/h2-7,12,22H,8-11,13H2,1H3,(H,23,26). The summed E-state index contributed by atoms with van der Waals surface area (Å²) in [6.07, 6.45) is 1.01. The van der Waals surface area contributed by atoms with Crippen LogP contribution in [0.3, 0.4) is 0 Å². The van der Waals surface area contributed by atoms with Gasteiger partial charge in [0.1, 0.15) is 5.75 Å². The first kappa shape index (κ1) is 16.2. The van der Waals surface area contributed by atoms with E-state index in [1.807, 2.05) is 34.9 Å². The highest BCUT2D eigenvalue weighted by atomic mass is 16.5. The van der Waals surface area contributed by atoms with Crippen molar-refractivity contribution in [1.82, 2.24) is 19.4 Å². The summed E-state index contributed by atoms with van der Waals surface area (Å²) in [6, 6.07) is 14.0. The Morgan fingerprint density at radius 1 is 1.07 bits per heavy atom. The van der Waals surface area contributed by atoms with Crippen molar-refractivity contribution < 1.29 is 4.74 Å². The number of benzene rings is 2. The Balaban J connectivity index is 1.36. The second kappa shape index (κ2) is 6.32. The Bertz CT molecular complexity index is 1180. The molecule has 1 aliphatic rings. The van der Waals surface area contributed by atoms with E-state index >= 15 is 0 Å². The minimum atomic E-state index is -0.0356. The van der Waals surface area contributed by atoms with Crippen LogP contribution in [0.4, 0.5) is 0 Å². The van der Waals surface area contributed by atoms with Crippen molar-refractivity contribution in [2.45, 2.75) is 19.5 Å². The third-order valence-electron chi connectivity index (χ3n) is 5.58. The van der Waals surface area contributed by atoms with Gasteiger partial charge in [0.05, 0.1) is 18.1 Å². The molecule has 6 nitrogen and oxygen atoms in total. The summed E-state index contributed by atoms with van der Waals surface area (Å²) in [6.45, 7) is 3.41. The molecule has 0 aliphatic carbocycles. The largest absolute Gasteiger partial charge is 0.497 e. The smallest absolute Gasteiger partial charge is 0.326 e. The molecule has 0 amide bonds. The number of hydrogen-bond donors (Lipinski definition) is 2. The highest BCUT2D eigenvalue weighted by molar-refractivity contribution is 5.86. The van der Waals surface area contributed by atoms with Crippen LogP contribution in [0, 0.1) is 0 Å². The molecular formula is C21H22N4O2. The van der Waals surface area contributed by atoms with Gasteiger partial charge in [0.2, 0.25) is 0 Å². The topological polar surface area (TPSA) is 66.0 Å². The fourth-order valence-electron chi connectivity index (χ4n) is 4.16. The number of fused-ring (bicyclic) bond motifs is 4. The maximum Gasteiger partial charge on any atom is 0.326 e. The van der Waals surface area contributed by atoms with Gasteiger partial charge in [-0.25, -0.2) is 4.79 Å². The number of rotatable bonds is 4. The Kier molecular flexibility index (Phi) is 3.79. The SMILES string of the molecule is COc1ccc2[nH]c3c(c2c1)CCN(CCn1c(=O)[nH]c2ccccc21)C3. The maximum absolute atomic E-state index is 12.3. The summed E-state index contributed by atoms with van der Waals surface area (Å²) in [5, 5.41) is 1.26. The first-order valence-corrected chi connectivity index (χ1v) is 9.30. The minimum Gasteiger partial charge on any atom is -0.497 e. The summed E-state index contributed by atoms with van der Waals surface area (Å²) in [4.78, 5) is 21.2. The van der Waals surface area contributed by atoms with Crippen molar-refractivity contribution in [3.63, 3.8) is 0 Å². The molecule has 2 aromatic carbocycles. The quantitative estimate of drug-likeness (QED) is 0.587. The average Bonchev–Trinajstić information content (AvgIpc) is 3.21. The van der Waals surface area contributed by atoms with Crippen LogP contribution in [0.15, 0.2) is 47.3 Å². The molecule has 0 fully saturated rings. The lowest BCUT2D eigenvalue weighted by atomic mass is 10.0. The van der Waals surface area contributed by atoms with Crippen LogP contribution in [0.1, 0.15) is 11.3 Å². The van der Waals surface area contributed by atoms with Gasteiger partial charge in [-0.2, -0.15) is 0 Å². The molecule has 138 valence electrons. The van der Waals surface area contributed by atoms with Crippen LogP contribution in [-0.4, -0.2) is 39.6 Å². The lowest BCUT2D eigenvalue weighted by Crippen LogP contribution is -2.34. The van der Waals surface area contributed by atoms with Crippen molar-refractivity contribution in [1.29, 1.82) is 0 Å². The fourth-order valence-corrected chi connectivity index (χ4v) is 4.16. The molecule has 0 spiro atoms. The van der Waals surface area contributed by atoms with Crippen molar-refractivity contribution in [3.05, 3.63) is 64.2 Å². The van der Waals surface area contributed by atoms with Gasteiger partial charge in [-0.1, -0.05) is 12.1 Å². The van der Waals surface area contributed by atoms with Gasteiger partial charge in [-0.15, -0.1) is 0 Å². The number of nitrogens with one attached hydrogen (secondary N) is 2. The van der Waals surface area contributed by atoms with Gasteiger partial charge in [-0.3, -0.25) is 9.47 Å². The zero-order valence-electron chi connectivity index (χ0n) is 15.3. The second-order valence-electron chi connectivity index (χ2n) is 7.12. The van der Waals surface area contributed by atoms with Gasteiger partial charge < -0.3 is 14.7 Å². The zero-order chi connectivity index (χ0) is 18.4. The van der Waals surface area contributed by atoms with E-state index in [-0.39, 0.29) is 5.69 Å². The highest BCUT2D eigenvalue weighted by Crippen LogP contribution is 2.30. The summed E-state index contributed by atoms with van der Waals surface area (Å²) >= 11 is 0. The predicted octanol–water partition coefficient (Wildman–Crippen LogP) is 2.88. The van der Waals surface area contributed by atoms with Crippen LogP contribution in [-0.2, 0) is 19.5 Å². The summed E-state index contributed by atoms with van der Waals surface area (Å²) in [7, 11) is 1.70. The number of aromatic nitrogens is 3. The van der Waals surface area contributed by atoms with E-state index in [4.69, 9.17) is 4.74 Å². The van der Waals surface area contributed by atoms with Crippen molar-refractivity contribution in [3.8, 4) is 5.75 Å². The number of hydrogen-bond acceptors (Lipinski definition) is 3. The molecule has 27 heavy (non-hydrogen) atoms. The highest BCUT2D eigenvalue weighted by Gasteiger charge is 2.21. The lowest BCUT2D eigenvalue weighted by molar-refractivity contribution is 0.242. The summed E-state index contributed by atoms with van der Waals surface area (Å²) in [5.74, 6) is 0.894. The van der Waals surface area contributed by atoms with Gasteiger partial charge in [0.25, 0.3) is 0 Å². The van der Waals surface area contributed by atoms with Gasteiger partial charge in [-0.05, 0) is 42.3 Å². The van der Waals surface area contributed by atoms with Gasteiger partial charge in [0, 0.05) is 42.8 Å². The number of aromatic amines is 2. The third kappa shape index (κ3) is 2.73.